The minimum Gasteiger partial charge on any atom is -0.344 e. The highest BCUT2D eigenvalue weighted by atomic mass is 16.2. The summed E-state index contributed by atoms with van der Waals surface area (Å²) in [6.07, 6.45) is 3.78. The molecule has 0 aliphatic carbocycles. The molecule has 20 heavy (non-hydrogen) atoms. The molecule has 0 aromatic carbocycles. The molecule has 0 saturated carbocycles. The standard InChI is InChI=1S/C15H29N3O2/c1-5-8-15(9-7-10-16-11-15)14(20)17-12(3)13(19)18(4)6-2/h12,16H,5-11H2,1-4H3,(H,17,20). The number of rotatable bonds is 6. The fraction of sp³-hybridized carbons (Fsp3) is 0.867. The van der Waals surface area contributed by atoms with Crippen molar-refractivity contribution in [2.75, 3.05) is 26.7 Å². The molecule has 1 aliphatic rings. The molecule has 0 spiro atoms. The fourth-order valence-electron chi connectivity index (χ4n) is 2.87. The summed E-state index contributed by atoms with van der Waals surface area (Å²) in [5.74, 6) is -0.00632. The normalized spacial score (nSPS) is 24.0. The maximum Gasteiger partial charge on any atom is 0.244 e. The van der Waals surface area contributed by atoms with E-state index >= 15 is 0 Å². The molecule has 1 fully saturated rings. The minimum atomic E-state index is -0.455. The van der Waals surface area contributed by atoms with Gasteiger partial charge in [0.1, 0.15) is 6.04 Å². The Hall–Kier alpha value is -1.10. The molecule has 0 radical (unpaired) electrons. The predicted molar refractivity (Wildman–Crippen MR) is 80.4 cm³/mol. The number of nitrogens with one attached hydrogen (secondary N) is 2. The molecule has 0 aromatic rings. The van der Waals surface area contributed by atoms with Crippen LogP contribution in [0.2, 0.25) is 0 Å². The van der Waals surface area contributed by atoms with Crippen LogP contribution in [-0.2, 0) is 9.59 Å². The lowest BCUT2D eigenvalue weighted by Gasteiger charge is -2.37. The van der Waals surface area contributed by atoms with Crippen molar-refractivity contribution in [1.82, 2.24) is 15.5 Å². The van der Waals surface area contributed by atoms with Gasteiger partial charge < -0.3 is 15.5 Å². The van der Waals surface area contributed by atoms with Gasteiger partial charge in [-0.05, 0) is 39.7 Å². The minimum absolute atomic E-state index is 0.0249. The Morgan fingerprint density at radius 1 is 1.40 bits per heavy atom. The third-order valence-corrected chi connectivity index (χ3v) is 4.25. The summed E-state index contributed by atoms with van der Waals surface area (Å²) in [6.45, 7) is 8.14. The van der Waals surface area contributed by atoms with Crippen LogP contribution in [-0.4, -0.2) is 49.4 Å². The Labute approximate surface area is 122 Å². The monoisotopic (exact) mass is 283 g/mol. The SMILES string of the molecule is CCCC1(C(=O)NC(C)C(=O)N(C)CC)CCCNC1. The lowest BCUT2D eigenvalue weighted by atomic mass is 9.76. The van der Waals surface area contributed by atoms with Crippen LogP contribution in [0, 0.1) is 5.41 Å². The molecular weight excluding hydrogens is 254 g/mol. The summed E-state index contributed by atoms with van der Waals surface area (Å²) in [4.78, 5) is 26.3. The zero-order valence-corrected chi connectivity index (χ0v) is 13.3. The van der Waals surface area contributed by atoms with Crippen molar-refractivity contribution in [3.63, 3.8) is 0 Å². The Kier molecular flexibility index (Phi) is 6.46. The van der Waals surface area contributed by atoms with Crippen molar-refractivity contribution in [2.24, 2.45) is 5.41 Å². The van der Waals surface area contributed by atoms with Crippen molar-refractivity contribution in [1.29, 1.82) is 0 Å². The van der Waals surface area contributed by atoms with Gasteiger partial charge in [0.2, 0.25) is 11.8 Å². The summed E-state index contributed by atoms with van der Waals surface area (Å²) in [5.41, 5.74) is -0.341. The molecule has 5 nitrogen and oxygen atoms in total. The molecule has 0 bridgehead atoms. The van der Waals surface area contributed by atoms with E-state index in [1.54, 1.807) is 18.9 Å². The van der Waals surface area contributed by atoms with Crippen LogP contribution in [0.3, 0.4) is 0 Å². The molecule has 2 N–H and O–H groups in total. The maximum atomic E-state index is 12.6. The van der Waals surface area contributed by atoms with E-state index in [-0.39, 0.29) is 17.2 Å². The van der Waals surface area contributed by atoms with Crippen LogP contribution in [0.15, 0.2) is 0 Å². The first kappa shape index (κ1) is 17.0. The molecule has 2 amide bonds. The van der Waals surface area contributed by atoms with E-state index in [2.05, 4.69) is 17.6 Å². The molecule has 1 rings (SSSR count). The zero-order valence-electron chi connectivity index (χ0n) is 13.3. The van der Waals surface area contributed by atoms with E-state index in [0.29, 0.717) is 6.54 Å². The fourth-order valence-corrected chi connectivity index (χ4v) is 2.87. The van der Waals surface area contributed by atoms with Crippen LogP contribution >= 0.6 is 0 Å². The number of carbonyl (C=O) groups excluding carboxylic acids is 2. The van der Waals surface area contributed by atoms with Gasteiger partial charge in [-0.25, -0.2) is 0 Å². The number of hydrogen-bond donors (Lipinski definition) is 2. The summed E-state index contributed by atoms with van der Waals surface area (Å²) in [7, 11) is 1.76. The van der Waals surface area contributed by atoms with Gasteiger partial charge >= 0.3 is 0 Å². The molecule has 1 saturated heterocycles. The van der Waals surface area contributed by atoms with Crippen LogP contribution in [0.1, 0.15) is 46.5 Å². The summed E-state index contributed by atoms with van der Waals surface area (Å²) >= 11 is 0. The highest BCUT2D eigenvalue weighted by molar-refractivity contribution is 5.90. The van der Waals surface area contributed by atoms with Gasteiger partial charge in [0.05, 0.1) is 5.41 Å². The van der Waals surface area contributed by atoms with E-state index in [4.69, 9.17) is 0 Å². The Balaban J connectivity index is 2.68. The average molecular weight is 283 g/mol. The van der Waals surface area contributed by atoms with Crippen LogP contribution in [0.25, 0.3) is 0 Å². The summed E-state index contributed by atoms with van der Waals surface area (Å²) in [6, 6.07) is -0.455. The second-order valence-corrected chi connectivity index (χ2v) is 5.86. The number of amides is 2. The van der Waals surface area contributed by atoms with Crippen LogP contribution < -0.4 is 10.6 Å². The third-order valence-electron chi connectivity index (χ3n) is 4.25. The van der Waals surface area contributed by atoms with Crippen molar-refractivity contribution in [3.05, 3.63) is 0 Å². The van der Waals surface area contributed by atoms with E-state index in [1.165, 1.54) is 0 Å². The first-order valence-electron chi connectivity index (χ1n) is 7.73. The van der Waals surface area contributed by atoms with Gasteiger partial charge in [0.25, 0.3) is 0 Å². The number of likely N-dealkylation sites (N-methyl/N-ethyl adjacent to an activating group) is 1. The predicted octanol–water partition coefficient (Wildman–Crippen LogP) is 1.14. The second-order valence-electron chi connectivity index (χ2n) is 5.86. The van der Waals surface area contributed by atoms with Crippen molar-refractivity contribution < 1.29 is 9.59 Å². The van der Waals surface area contributed by atoms with Crippen molar-refractivity contribution in [2.45, 2.75) is 52.5 Å². The Morgan fingerprint density at radius 2 is 2.10 bits per heavy atom. The lowest BCUT2D eigenvalue weighted by Crippen LogP contribution is -2.55. The van der Waals surface area contributed by atoms with Gasteiger partial charge in [-0.3, -0.25) is 9.59 Å². The maximum absolute atomic E-state index is 12.6. The van der Waals surface area contributed by atoms with E-state index in [0.717, 1.165) is 38.8 Å². The zero-order chi connectivity index (χ0) is 15.2. The van der Waals surface area contributed by atoms with E-state index in [9.17, 15) is 9.59 Å². The molecule has 1 heterocycles. The highest BCUT2D eigenvalue weighted by Gasteiger charge is 2.39. The van der Waals surface area contributed by atoms with Crippen molar-refractivity contribution in [3.8, 4) is 0 Å². The van der Waals surface area contributed by atoms with Gasteiger partial charge in [0.15, 0.2) is 0 Å². The smallest absolute Gasteiger partial charge is 0.244 e. The molecule has 5 heteroatoms. The van der Waals surface area contributed by atoms with Gasteiger partial charge in [0, 0.05) is 20.1 Å². The molecule has 0 aromatic heterocycles. The molecule has 2 atom stereocenters. The van der Waals surface area contributed by atoms with Gasteiger partial charge in [-0.2, -0.15) is 0 Å². The van der Waals surface area contributed by atoms with Crippen molar-refractivity contribution >= 4 is 11.8 Å². The number of piperidine rings is 1. The highest BCUT2D eigenvalue weighted by Crippen LogP contribution is 2.32. The first-order chi connectivity index (χ1) is 9.46. The molecule has 2 unspecified atom stereocenters. The van der Waals surface area contributed by atoms with Crippen LogP contribution in [0.5, 0.6) is 0 Å². The topological polar surface area (TPSA) is 61.4 Å². The van der Waals surface area contributed by atoms with E-state index in [1.807, 2.05) is 6.92 Å². The van der Waals surface area contributed by atoms with Gasteiger partial charge in [-0.1, -0.05) is 13.3 Å². The average Bonchev–Trinajstić information content (AvgIpc) is 2.46. The molecular formula is C15H29N3O2. The summed E-state index contributed by atoms with van der Waals surface area (Å²) in [5, 5.41) is 6.24. The molecule has 1 aliphatic heterocycles. The number of nitrogens with zero attached hydrogens (tertiary/aromatic N) is 1. The summed E-state index contributed by atoms with van der Waals surface area (Å²) < 4.78 is 0. The van der Waals surface area contributed by atoms with E-state index < -0.39 is 6.04 Å². The Bertz CT molecular complexity index is 333. The lowest BCUT2D eigenvalue weighted by molar-refractivity contribution is -0.139. The largest absolute Gasteiger partial charge is 0.344 e. The number of carbonyl (C=O) groups is 2. The first-order valence-corrected chi connectivity index (χ1v) is 7.73. The second kappa shape index (κ2) is 7.62. The number of hydrogen-bond acceptors (Lipinski definition) is 3. The molecule has 116 valence electrons. The quantitative estimate of drug-likeness (QED) is 0.768. The van der Waals surface area contributed by atoms with Gasteiger partial charge in [-0.15, -0.1) is 0 Å². The van der Waals surface area contributed by atoms with Crippen LogP contribution in [0.4, 0.5) is 0 Å². The third kappa shape index (κ3) is 3.95. The Morgan fingerprint density at radius 3 is 2.60 bits per heavy atom.